The Morgan fingerprint density at radius 2 is 1.75 bits per heavy atom. The fourth-order valence-electron chi connectivity index (χ4n) is 1.46. The Morgan fingerprint density at radius 1 is 1.10 bits per heavy atom. The zero-order valence-corrected chi connectivity index (χ0v) is 14.1. The predicted octanol–water partition coefficient (Wildman–Crippen LogP) is 2.58. The van der Waals surface area contributed by atoms with E-state index in [0.29, 0.717) is 5.02 Å². The average molecular weight is 323 g/mol. The van der Waals surface area contributed by atoms with Gasteiger partial charge in [-0.05, 0) is 30.3 Å². The minimum absolute atomic E-state index is 0. The number of ether oxygens (including phenoxy) is 1. The first-order chi connectivity index (χ1) is 8.88. The summed E-state index contributed by atoms with van der Waals surface area (Å²) in [7, 11) is -4.44. The molecule has 0 spiro atoms. The number of benzene rings is 2. The maximum atomic E-state index is 11.3. The summed E-state index contributed by atoms with van der Waals surface area (Å²) < 4.78 is 37.1. The predicted molar refractivity (Wildman–Crippen MR) is 77.9 cm³/mol. The Morgan fingerprint density at radius 3 is 2.35 bits per heavy atom. The fraction of sp³-hybridized carbons (Fsp3) is 0. The second kappa shape index (κ2) is 6.80. The molecule has 101 valence electrons. The number of anilines is 1. The molecule has 0 bridgehead atoms. The van der Waals surface area contributed by atoms with Crippen LogP contribution >= 0.6 is 11.6 Å². The van der Waals surface area contributed by atoms with Gasteiger partial charge >= 0.3 is 0 Å². The number of nitrogens with two attached hydrogens (primary N) is 1. The van der Waals surface area contributed by atoms with Crippen molar-refractivity contribution in [3.63, 3.8) is 0 Å². The summed E-state index contributed by atoms with van der Waals surface area (Å²) in [5.41, 5.74) is 5.68. The third-order valence-electron chi connectivity index (χ3n) is 2.30. The van der Waals surface area contributed by atoms with E-state index >= 15 is 0 Å². The van der Waals surface area contributed by atoms with Gasteiger partial charge in [-0.2, -0.15) is 8.42 Å². The molecule has 1 radical (unpaired) electrons. The van der Waals surface area contributed by atoms with E-state index in [1.807, 2.05) is 0 Å². The molecule has 5 nitrogen and oxygen atoms in total. The summed E-state index contributed by atoms with van der Waals surface area (Å²) in [6.45, 7) is 0. The zero-order valence-electron chi connectivity index (χ0n) is 10.6. The quantitative estimate of drug-likeness (QED) is 0.515. The van der Waals surface area contributed by atoms with Gasteiger partial charge < -0.3 is 10.5 Å². The molecule has 2 aromatic rings. The third-order valence-corrected chi connectivity index (χ3v) is 3.49. The van der Waals surface area contributed by atoms with E-state index < -0.39 is 15.0 Å². The summed E-state index contributed by atoms with van der Waals surface area (Å²) in [4.78, 5) is -0.410. The number of rotatable bonds is 3. The maximum absolute atomic E-state index is 11.3. The van der Waals surface area contributed by atoms with Crippen LogP contribution in [0.3, 0.4) is 0 Å². The fourth-order valence-corrected chi connectivity index (χ4v) is 2.28. The molecule has 0 aliphatic rings. The van der Waals surface area contributed by atoms with Crippen LogP contribution in [-0.4, -0.2) is 42.5 Å². The van der Waals surface area contributed by atoms with Gasteiger partial charge in [0.05, 0.1) is 5.02 Å². The van der Waals surface area contributed by atoms with E-state index in [-0.39, 0.29) is 46.7 Å². The van der Waals surface area contributed by atoms with Crippen LogP contribution in [0.25, 0.3) is 0 Å². The second-order valence-corrected chi connectivity index (χ2v) is 5.51. The van der Waals surface area contributed by atoms with Gasteiger partial charge in [0.15, 0.2) is 0 Å². The van der Waals surface area contributed by atoms with Crippen molar-refractivity contribution < 1.29 is 17.7 Å². The molecule has 0 fully saturated rings. The van der Waals surface area contributed by atoms with Crippen molar-refractivity contribution in [2.45, 2.75) is 4.90 Å². The molecule has 2 aromatic carbocycles. The van der Waals surface area contributed by atoms with Gasteiger partial charge in [-0.25, -0.2) is 0 Å². The van der Waals surface area contributed by atoms with E-state index in [9.17, 15) is 8.42 Å². The molecule has 20 heavy (non-hydrogen) atoms. The number of hydrogen-bond donors (Lipinski definition) is 2. The van der Waals surface area contributed by atoms with Crippen LogP contribution in [0.4, 0.5) is 5.69 Å². The van der Waals surface area contributed by atoms with Crippen LogP contribution in [0.2, 0.25) is 5.02 Å². The van der Waals surface area contributed by atoms with Crippen molar-refractivity contribution in [3.8, 4) is 11.5 Å². The summed E-state index contributed by atoms with van der Waals surface area (Å²) in [6, 6.07) is 10.5. The molecule has 0 aliphatic heterocycles. The average Bonchev–Trinajstić information content (AvgIpc) is 2.33. The molecule has 0 unspecified atom stereocenters. The van der Waals surface area contributed by atoms with Crippen LogP contribution in [0.15, 0.2) is 47.4 Å². The molecule has 0 aromatic heterocycles. The standard InChI is InChI=1S/C12H10ClNO4S.Na/c13-9-3-1-2-4-10(9)18-11-6-5-8(14)7-12(11)19(15,16)17;/h1-7H,14H2,(H,15,16,17);. The van der Waals surface area contributed by atoms with Gasteiger partial charge in [-0.15, -0.1) is 0 Å². The Kier molecular flexibility index (Phi) is 5.88. The zero-order chi connectivity index (χ0) is 14.0. The Balaban J connectivity index is 0.00000200. The monoisotopic (exact) mass is 322 g/mol. The van der Waals surface area contributed by atoms with E-state index in [4.69, 9.17) is 26.6 Å². The van der Waals surface area contributed by atoms with Crippen molar-refractivity contribution in [2.24, 2.45) is 0 Å². The van der Waals surface area contributed by atoms with Crippen molar-refractivity contribution in [1.29, 1.82) is 0 Å². The van der Waals surface area contributed by atoms with E-state index in [0.717, 1.165) is 6.07 Å². The van der Waals surface area contributed by atoms with Crippen molar-refractivity contribution >= 4 is 57.0 Å². The van der Waals surface area contributed by atoms with Crippen molar-refractivity contribution in [2.75, 3.05) is 5.73 Å². The molecule has 0 amide bonds. The van der Waals surface area contributed by atoms with Gasteiger partial charge in [-0.1, -0.05) is 23.7 Å². The molecule has 8 heteroatoms. The molecule has 0 saturated carbocycles. The first-order valence-electron chi connectivity index (χ1n) is 5.17. The minimum atomic E-state index is -4.44. The molecule has 0 atom stereocenters. The molecular formula is C12H10ClNNaO4S. The van der Waals surface area contributed by atoms with E-state index in [2.05, 4.69) is 0 Å². The minimum Gasteiger partial charge on any atom is -0.454 e. The molecular weight excluding hydrogens is 313 g/mol. The van der Waals surface area contributed by atoms with Crippen LogP contribution in [0.1, 0.15) is 0 Å². The van der Waals surface area contributed by atoms with Gasteiger partial charge in [-0.3, -0.25) is 4.55 Å². The first-order valence-corrected chi connectivity index (χ1v) is 6.99. The summed E-state index contributed by atoms with van der Waals surface area (Å²) in [5.74, 6) is 0.226. The topological polar surface area (TPSA) is 89.6 Å². The Bertz CT molecular complexity index is 721. The Hall–Kier alpha value is -0.760. The Labute approximate surface area is 143 Å². The van der Waals surface area contributed by atoms with E-state index in [1.165, 1.54) is 12.1 Å². The van der Waals surface area contributed by atoms with Crippen LogP contribution < -0.4 is 10.5 Å². The number of para-hydroxylation sites is 1. The molecule has 0 saturated heterocycles. The van der Waals surface area contributed by atoms with Gasteiger partial charge in [0.2, 0.25) is 0 Å². The smallest absolute Gasteiger partial charge is 0.298 e. The van der Waals surface area contributed by atoms with Crippen LogP contribution in [-0.2, 0) is 10.1 Å². The second-order valence-electron chi connectivity index (χ2n) is 3.71. The van der Waals surface area contributed by atoms with Crippen LogP contribution in [0.5, 0.6) is 11.5 Å². The summed E-state index contributed by atoms with van der Waals surface area (Å²) >= 11 is 5.91. The summed E-state index contributed by atoms with van der Waals surface area (Å²) in [5, 5.41) is 0.320. The largest absolute Gasteiger partial charge is 0.454 e. The number of nitrogen functional groups attached to an aromatic ring is 1. The van der Waals surface area contributed by atoms with Crippen molar-refractivity contribution in [3.05, 3.63) is 47.5 Å². The molecule has 0 aliphatic carbocycles. The van der Waals surface area contributed by atoms with Gasteiger partial charge in [0.25, 0.3) is 10.1 Å². The van der Waals surface area contributed by atoms with Crippen LogP contribution in [0, 0.1) is 0 Å². The first kappa shape index (κ1) is 17.3. The number of hydrogen-bond acceptors (Lipinski definition) is 4. The molecule has 0 heterocycles. The van der Waals surface area contributed by atoms with Crippen molar-refractivity contribution in [1.82, 2.24) is 0 Å². The third kappa shape index (κ3) is 4.12. The molecule has 2 rings (SSSR count). The summed E-state index contributed by atoms with van der Waals surface area (Å²) in [6.07, 6.45) is 0. The van der Waals surface area contributed by atoms with E-state index in [1.54, 1.807) is 24.3 Å². The normalized spacial score (nSPS) is 10.7. The van der Waals surface area contributed by atoms with Gasteiger partial charge in [0, 0.05) is 35.2 Å². The molecule has 3 N–H and O–H groups in total. The maximum Gasteiger partial charge on any atom is 0.298 e. The van der Waals surface area contributed by atoms with Gasteiger partial charge in [0.1, 0.15) is 16.4 Å². The SMILES string of the molecule is Nc1ccc(Oc2ccccc2Cl)c(S(=O)(=O)O)c1.[Na]. The number of halogens is 1.